The molecule has 0 aliphatic carbocycles. The summed E-state index contributed by atoms with van der Waals surface area (Å²) in [6, 6.07) is 18.4. The first-order chi connectivity index (χ1) is 15.6. The second-order valence-corrected chi connectivity index (χ2v) is 9.51. The van der Waals surface area contributed by atoms with Crippen LogP contribution >= 0.6 is 11.8 Å². The Bertz CT molecular complexity index is 1100. The third-order valence-electron chi connectivity index (χ3n) is 6.00. The van der Waals surface area contributed by atoms with Gasteiger partial charge in [0.1, 0.15) is 0 Å². The number of para-hydroxylation sites is 2. The fraction of sp³-hybridized carbons (Fsp3) is 0.375. The van der Waals surface area contributed by atoms with Crippen LogP contribution in [-0.4, -0.2) is 58.3 Å². The van der Waals surface area contributed by atoms with Crippen molar-refractivity contribution in [2.45, 2.75) is 36.7 Å². The Balaban J connectivity index is 1.44. The maximum atomic E-state index is 13.5. The van der Waals surface area contributed by atoms with Crippen molar-refractivity contribution in [3.05, 3.63) is 60.2 Å². The van der Waals surface area contributed by atoms with E-state index in [1.54, 1.807) is 0 Å². The molecule has 0 saturated carbocycles. The lowest BCUT2D eigenvalue weighted by molar-refractivity contribution is -0.118. The summed E-state index contributed by atoms with van der Waals surface area (Å²) >= 11 is 1.46. The van der Waals surface area contributed by atoms with Crippen LogP contribution in [0.2, 0.25) is 0 Å². The molecule has 8 heteroatoms. The number of carbonyl (C=O) groups excluding carboxylic acids is 1. The zero-order chi connectivity index (χ0) is 22.1. The van der Waals surface area contributed by atoms with Gasteiger partial charge in [-0.2, -0.15) is 0 Å². The van der Waals surface area contributed by atoms with Crippen LogP contribution in [0.3, 0.4) is 0 Å². The number of rotatable bonds is 5. The molecule has 7 nitrogen and oxygen atoms in total. The lowest BCUT2D eigenvalue weighted by Crippen LogP contribution is -2.40. The number of fused-ring (bicyclic) bond motifs is 1. The third kappa shape index (κ3) is 3.89. The van der Waals surface area contributed by atoms with Gasteiger partial charge in [0.15, 0.2) is 5.16 Å². The molecule has 2 unspecified atom stereocenters. The molecule has 2 aliphatic heterocycles. The number of anilines is 2. The van der Waals surface area contributed by atoms with Gasteiger partial charge < -0.3 is 14.5 Å². The molecule has 2 aromatic carbocycles. The molecule has 2 atom stereocenters. The Kier molecular flexibility index (Phi) is 5.89. The standard InChI is InChI=1S/C24H27N5O2S/c1-17-16-19-8-6-7-11-21(19)28(17)22(30)18(2)32-24-26-25-23(27-12-14-31-15-13-27)29(24)20-9-4-3-5-10-20/h3-11,17-18H,12-16H2,1-2H3. The molecule has 3 heterocycles. The van der Waals surface area contributed by atoms with Gasteiger partial charge in [0.05, 0.1) is 24.2 Å². The predicted molar refractivity (Wildman–Crippen MR) is 127 cm³/mol. The smallest absolute Gasteiger partial charge is 0.240 e. The molecule has 0 N–H and O–H groups in total. The van der Waals surface area contributed by atoms with Crippen molar-refractivity contribution in [3.63, 3.8) is 0 Å². The fourth-order valence-corrected chi connectivity index (χ4v) is 5.33. The minimum atomic E-state index is -0.298. The molecule has 32 heavy (non-hydrogen) atoms. The fourth-order valence-electron chi connectivity index (χ4n) is 4.42. The van der Waals surface area contributed by atoms with Crippen LogP contribution in [0.5, 0.6) is 0 Å². The summed E-state index contributed by atoms with van der Waals surface area (Å²) in [7, 11) is 0. The zero-order valence-corrected chi connectivity index (χ0v) is 19.2. The number of nitrogens with zero attached hydrogens (tertiary/aromatic N) is 5. The highest BCUT2D eigenvalue weighted by molar-refractivity contribution is 8.00. The number of morpholine rings is 1. The number of hydrogen-bond donors (Lipinski definition) is 0. The first kappa shape index (κ1) is 21.0. The normalized spacial score (nSPS) is 19.1. The minimum Gasteiger partial charge on any atom is -0.378 e. The molecule has 1 saturated heterocycles. The van der Waals surface area contributed by atoms with Gasteiger partial charge in [-0.3, -0.25) is 9.36 Å². The molecule has 3 aromatic rings. The largest absolute Gasteiger partial charge is 0.378 e. The molecule has 166 valence electrons. The van der Waals surface area contributed by atoms with Crippen molar-refractivity contribution >= 4 is 29.3 Å². The van der Waals surface area contributed by atoms with E-state index in [1.165, 1.54) is 17.3 Å². The highest BCUT2D eigenvalue weighted by atomic mass is 32.2. The van der Waals surface area contributed by atoms with E-state index < -0.39 is 0 Å². The second kappa shape index (κ2) is 8.96. The van der Waals surface area contributed by atoms with Gasteiger partial charge in [-0.25, -0.2) is 0 Å². The monoisotopic (exact) mass is 449 g/mol. The Labute approximate surface area is 192 Å². The quantitative estimate of drug-likeness (QED) is 0.555. The molecule has 2 aliphatic rings. The number of benzene rings is 2. The van der Waals surface area contributed by atoms with Crippen molar-refractivity contribution in [2.24, 2.45) is 0 Å². The first-order valence-corrected chi connectivity index (χ1v) is 11.9. The molecular formula is C24H27N5O2S. The summed E-state index contributed by atoms with van der Waals surface area (Å²) in [6.45, 7) is 6.95. The first-order valence-electron chi connectivity index (χ1n) is 11.0. The number of amides is 1. The summed E-state index contributed by atoms with van der Waals surface area (Å²) in [5, 5.41) is 9.44. The lowest BCUT2D eigenvalue weighted by atomic mass is 10.1. The highest BCUT2D eigenvalue weighted by Crippen LogP contribution is 2.35. The van der Waals surface area contributed by atoms with E-state index in [4.69, 9.17) is 4.74 Å². The number of carbonyl (C=O) groups is 1. The topological polar surface area (TPSA) is 63.5 Å². The minimum absolute atomic E-state index is 0.1000. The van der Waals surface area contributed by atoms with Crippen LogP contribution in [0.25, 0.3) is 5.69 Å². The SMILES string of the molecule is CC(Sc1nnc(N2CCOCC2)n1-c1ccccc1)C(=O)N1c2ccccc2CC1C. The second-order valence-electron chi connectivity index (χ2n) is 8.20. The summed E-state index contributed by atoms with van der Waals surface area (Å²) in [5.41, 5.74) is 3.24. The summed E-state index contributed by atoms with van der Waals surface area (Å²) < 4.78 is 7.57. The van der Waals surface area contributed by atoms with E-state index in [0.29, 0.717) is 13.2 Å². The Morgan fingerprint density at radius 1 is 1.06 bits per heavy atom. The summed E-state index contributed by atoms with van der Waals surface area (Å²) in [4.78, 5) is 17.6. The van der Waals surface area contributed by atoms with Crippen LogP contribution in [0.1, 0.15) is 19.4 Å². The van der Waals surface area contributed by atoms with Crippen molar-refractivity contribution in [2.75, 3.05) is 36.1 Å². The van der Waals surface area contributed by atoms with E-state index in [2.05, 4.69) is 32.7 Å². The van der Waals surface area contributed by atoms with Gasteiger partial charge in [-0.15, -0.1) is 10.2 Å². The van der Waals surface area contributed by atoms with E-state index in [9.17, 15) is 4.79 Å². The average molecular weight is 450 g/mol. The molecule has 5 rings (SSSR count). The van der Waals surface area contributed by atoms with Crippen molar-refractivity contribution < 1.29 is 9.53 Å². The number of ether oxygens (including phenoxy) is 1. The van der Waals surface area contributed by atoms with Gasteiger partial charge in [0, 0.05) is 24.8 Å². The Morgan fingerprint density at radius 2 is 1.78 bits per heavy atom. The third-order valence-corrected chi connectivity index (χ3v) is 7.03. The zero-order valence-electron chi connectivity index (χ0n) is 18.3. The maximum Gasteiger partial charge on any atom is 0.240 e. The van der Waals surface area contributed by atoms with Crippen LogP contribution in [0, 0.1) is 0 Å². The van der Waals surface area contributed by atoms with Crippen LogP contribution in [-0.2, 0) is 16.0 Å². The average Bonchev–Trinajstić information content (AvgIpc) is 3.39. The molecule has 1 aromatic heterocycles. The molecular weight excluding hydrogens is 422 g/mol. The Morgan fingerprint density at radius 3 is 2.56 bits per heavy atom. The van der Waals surface area contributed by atoms with Crippen molar-refractivity contribution in [1.82, 2.24) is 14.8 Å². The molecule has 1 amide bonds. The van der Waals surface area contributed by atoms with Crippen LogP contribution < -0.4 is 9.80 Å². The van der Waals surface area contributed by atoms with Gasteiger partial charge in [-0.1, -0.05) is 48.2 Å². The van der Waals surface area contributed by atoms with Gasteiger partial charge in [0.25, 0.3) is 0 Å². The van der Waals surface area contributed by atoms with E-state index >= 15 is 0 Å². The maximum absolute atomic E-state index is 13.5. The Hall–Kier alpha value is -2.84. The molecule has 0 spiro atoms. The number of thioether (sulfide) groups is 1. The molecule has 0 radical (unpaired) electrons. The van der Waals surface area contributed by atoms with E-state index in [0.717, 1.165) is 42.0 Å². The van der Waals surface area contributed by atoms with E-state index in [1.807, 2.05) is 60.4 Å². The molecule has 1 fully saturated rings. The van der Waals surface area contributed by atoms with Gasteiger partial charge in [0.2, 0.25) is 11.9 Å². The van der Waals surface area contributed by atoms with Crippen molar-refractivity contribution in [1.29, 1.82) is 0 Å². The van der Waals surface area contributed by atoms with Gasteiger partial charge in [-0.05, 0) is 44.0 Å². The molecule has 0 bridgehead atoms. The predicted octanol–water partition coefficient (Wildman–Crippen LogP) is 3.56. The lowest BCUT2D eigenvalue weighted by Gasteiger charge is -2.28. The summed E-state index contributed by atoms with van der Waals surface area (Å²) in [6.07, 6.45) is 0.890. The van der Waals surface area contributed by atoms with E-state index in [-0.39, 0.29) is 17.2 Å². The van der Waals surface area contributed by atoms with Crippen molar-refractivity contribution in [3.8, 4) is 5.69 Å². The number of aromatic nitrogens is 3. The van der Waals surface area contributed by atoms with Gasteiger partial charge >= 0.3 is 0 Å². The summed E-state index contributed by atoms with van der Waals surface area (Å²) in [5.74, 6) is 0.893. The number of hydrogen-bond acceptors (Lipinski definition) is 6. The van der Waals surface area contributed by atoms with Crippen LogP contribution in [0.15, 0.2) is 59.8 Å². The van der Waals surface area contributed by atoms with Crippen LogP contribution in [0.4, 0.5) is 11.6 Å². The highest BCUT2D eigenvalue weighted by Gasteiger charge is 2.34.